The third-order valence-corrected chi connectivity index (χ3v) is 4.98. The van der Waals surface area contributed by atoms with E-state index in [9.17, 15) is 0 Å². The lowest BCUT2D eigenvalue weighted by molar-refractivity contribution is 0.247. The molecule has 0 bridgehead atoms. The predicted octanol–water partition coefficient (Wildman–Crippen LogP) is 3.07. The Bertz CT molecular complexity index is 832. The fourth-order valence-corrected chi connectivity index (χ4v) is 3.34. The van der Waals surface area contributed by atoms with Crippen molar-refractivity contribution in [3.05, 3.63) is 59.5 Å². The van der Waals surface area contributed by atoms with E-state index in [1.165, 1.54) is 5.56 Å². The van der Waals surface area contributed by atoms with Gasteiger partial charge in [-0.3, -0.25) is 4.90 Å². The zero-order chi connectivity index (χ0) is 17.9. The number of hydrogen-bond donors (Lipinski definition) is 0. The lowest BCUT2D eigenvalue weighted by Gasteiger charge is -2.35. The molecule has 1 saturated heterocycles. The molecular formula is C20H23N5O. The van der Waals surface area contributed by atoms with Gasteiger partial charge in [0.15, 0.2) is 5.82 Å². The summed E-state index contributed by atoms with van der Waals surface area (Å²) in [7, 11) is 0. The molecule has 6 nitrogen and oxygen atoms in total. The first-order valence-electron chi connectivity index (χ1n) is 8.99. The fraction of sp³-hybridized carbons (Fsp3) is 0.350. The van der Waals surface area contributed by atoms with Crippen molar-refractivity contribution in [1.82, 2.24) is 20.3 Å². The summed E-state index contributed by atoms with van der Waals surface area (Å²) >= 11 is 0. The Balaban J connectivity index is 1.37. The summed E-state index contributed by atoms with van der Waals surface area (Å²) in [5.41, 5.74) is 4.21. The van der Waals surface area contributed by atoms with Crippen molar-refractivity contribution in [2.45, 2.75) is 20.4 Å². The molecule has 3 heterocycles. The Kier molecular flexibility index (Phi) is 4.67. The maximum atomic E-state index is 5.27. The van der Waals surface area contributed by atoms with Crippen molar-refractivity contribution in [3.63, 3.8) is 0 Å². The van der Waals surface area contributed by atoms with E-state index in [0.29, 0.717) is 0 Å². The Morgan fingerprint density at radius 2 is 1.69 bits per heavy atom. The molecule has 0 aliphatic carbocycles. The summed E-state index contributed by atoms with van der Waals surface area (Å²) in [6.45, 7) is 8.76. The van der Waals surface area contributed by atoms with Crippen molar-refractivity contribution in [3.8, 4) is 11.3 Å². The van der Waals surface area contributed by atoms with E-state index in [4.69, 9.17) is 4.52 Å². The predicted molar refractivity (Wildman–Crippen MR) is 101 cm³/mol. The van der Waals surface area contributed by atoms with Crippen LogP contribution in [-0.4, -0.2) is 46.4 Å². The molecule has 0 N–H and O–H groups in total. The summed E-state index contributed by atoms with van der Waals surface area (Å²) in [4.78, 5) is 4.74. The van der Waals surface area contributed by atoms with Gasteiger partial charge in [0, 0.05) is 43.9 Å². The van der Waals surface area contributed by atoms with E-state index in [1.807, 2.05) is 38.1 Å². The van der Waals surface area contributed by atoms with E-state index < -0.39 is 0 Å². The van der Waals surface area contributed by atoms with Crippen LogP contribution >= 0.6 is 0 Å². The maximum Gasteiger partial charge on any atom is 0.151 e. The third kappa shape index (κ3) is 3.46. The van der Waals surface area contributed by atoms with Gasteiger partial charge in [0.05, 0.1) is 11.4 Å². The Morgan fingerprint density at radius 3 is 2.31 bits per heavy atom. The first-order valence-corrected chi connectivity index (χ1v) is 8.99. The van der Waals surface area contributed by atoms with Crippen LogP contribution in [0.25, 0.3) is 11.3 Å². The second-order valence-corrected chi connectivity index (χ2v) is 6.71. The van der Waals surface area contributed by atoms with Gasteiger partial charge in [-0.1, -0.05) is 35.5 Å². The van der Waals surface area contributed by atoms with Crippen LogP contribution in [0, 0.1) is 13.8 Å². The van der Waals surface area contributed by atoms with Gasteiger partial charge in [-0.05, 0) is 26.0 Å². The molecule has 26 heavy (non-hydrogen) atoms. The third-order valence-electron chi connectivity index (χ3n) is 4.98. The van der Waals surface area contributed by atoms with Crippen molar-refractivity contribution in [2.75, 3.05) is 31.1 Å². The zero-order valence-corrected chi connectivity index (χ0v) is 15.2. The van der Waals surface area contributed by atoms with Crippen molar-refractivity contribution in [2.24, 2.45) is 0 Å². The summed E-state index contributed by atoms with van der Waals surface area (Å²) in [5.74, 6) is 1.87. The summed E-state index contributed by atoms with van der Waals surface area (Å²) in [5, 5.41) is 12.9. The molecule has 1 aliphatic rings. The number of hydrogen-bond acceptors (Lipinski definition) is 6. The van der Waals surface area contributed by atoms with E-state index >= 15 is 0 Å². The molecule has 2 aromatic heterocycles. The van der Waals surface area contributed by atoms with Gasteiger partial charge >= 0.3 is 0 Å². The molecule has 1 fully saturated rings. The molecule has 0 spiro atoms. The molecule has 0 saturated carbocycles. The second-order valence-electron chi connectivity index (χ2n) is 6.71. The number of aryl methyl sites for hydroxylation is 2. The van der Waals surface area contributed by atoms with E-state index in [0.717, 1.165) is 61.3 Å². The van der Waals surface area contributed by atoms with Gasteiger partial charge in [0.2, 0.25) is 0 Å². The lowest BCUT2D eigenvalue weighted by atomic mass is 10.1. The highest BCUT2D eigenvalue weighted by Crippen LogP contribution is 2.20. The minimum atomic E-state index is 0.896. The van der Waals surface area contributed by atoms with Crippen LogP contribution in [0.3, 0.4) is 0 Å². The van der Waals surface area contributed by atoms with Gasteiger partial charge in [-0.25, -0.2) is 0 Å². The summed E-state index contributed by atoms with van der Waals surface area (Å²) < 4.78 is 5.27. The van der Waals surface area contributed by atoms with Crippen molar-refractivity contribution in [1.29, 1.82) is 0 Å². The molecule has 134 valence electrons. The molecule has 1 aromatic carbocycles. The molecule has 0 amide bonds. The first kappa shape index (κ1) is 16.7. The molecular weight excluding hydrogens is 326 g/mol. The van der Waals surface area contributed by atoms with Crippen molar-refractivity contribution >= 4 is 5.82 Å². The second kappa shape index (κ2) is 7.25. The summed E-state index contributed by atoms with van der Waals surface area (Å²) in [6.07, 6.45) is 0. The number of anilines is 1. The fourth-order valence-electron chi connectivity index (χ4n) is 3.34. The molecule has 0 unspecified atom stereocenters. The topological polar surface area (TPSA) is 58.3 Å². The maximum absolute atomic E-state index is 5.27. The van der Waals surface area contributed by atoms with Crippen LogP contribution in [0.15, 0.2) is 47.0 Å². The Hall–Kier alpha value is -2.73. The minimum absolute atomic E-state index is 0.896. The molecule has 3 aromatic rings. The van der Waals surface area contributed by atoms with E-state index in [2.05, 4.69) is 43.4 Å². The van der Waals surface area contributed by atoms with Gasteiger partial charge in [-0.2, -0.15) is 0 Å². The monoisotopic (exact) mass is 349 g/mol. The van der Waals surface area contributed by atoms with Crippen molar-refractivity contribution < 1.29 is 4.52 Å². The molecule has 0 atom stereocenters. The number of aromatic nitrogens is 3. The summed E-state index contributed by atoms with van der Waals surface area (Å²) in [6, 6.07) is 14.3. The molecule has 4 rings (SSSR count). The Labute approximate surface area is 153 Å². The quantitative estimate of drug-likeness (QED) is 0.721. The zero-order valence-electron chi connectivity index (χ0n) is 15.2. The van der Waals surface area contributed by atoms with Crippen LogP contribution in [0.1, 0.15) is 17.0 Å². The van der Waals surface area contributed by atoms with Crippen LogP contribution in [0.2, 0.25) is 0 Å². The largest absolute Gasteiger partial charge is 0.361 e. The smallest absolute Gasteiger partial charge is 0.151 e. The highest BCUT2D eigenvalue weighted by Gasteiger charge is 2.21. The SMILES string of the molecule is Cc1noc(C)c1CN1CCN(c2ccc(-c3ccccc3)nn2)CC1. The van der Waals surface area contributed by atoms with Crippen LogP contribution in [-0.2, 0) is 6.54 Å². The highest BCUT2D eigenvalue weighted by molar-refractivity contribution is 5.59. The first-order chi connectivity index (χ1) is 12.7. The number of rotatable bonds is 4. The van der Waals surface area contributed by atoms with E-state index in [1.54, 1.807) is 0 Å². The Morgan fingerprint density at radius 1 is 0.923 bits per heavy atom. The van der Waals surface area contributed by atoms with Gasteiger partial charge < -0.3 is 9.42 Å². The molecule has 0 radical (unpaired) electrons. The standard InChI is InChI=1S/C20H23N5O/c1-15-18(16(2)26-23-15)14-24-10-12-25(13-11-24)20-9-8-19(21-22-20)17-6-4-3-5-7-17/h3-9H,10-14H2,1-2H3. The highest BCUT2D eigenvalue weighted by atomic mass is 16.5. The minimum Gasteiger partial charge on any atom is -0.361 e. The number of piperazine rings is 1. The molecule has 6 heteroatoms. The number of benzene rings is 1. The average Bonchev–Trinajstić information content (AvgIpc) is 3.01. The van der Waals surface area contributed by atoms with Gasteiger partial charge in [0.1, 0.15) is 5.76 Å². The van der Waals surface area contributed by atoms with Crippen LogP contribution in [0.5, 0.6) is 0 Å². The van der Waals surface area contributed by atoms with Crippen LogP contribution in [0.4, 0.5) is 5.82 Å². The van der Waals surface area contributed by atoms with Crippen LogP contribution < -0.4 is 4.90 Å². The normalized spacial score (nSPS) is 15.4. The average molecular weight is 349 g/mol. The van der Waals surface area contributed by atoms with E-state index in [-0.39, 0.29) is 0 Å². The molecule has 1 aliphatic heterocycles. The van der Waals surface area contributed by atoms with Gasteiger partial charge in [0.25, 0.3) is 0 Å². The number of nitrogens with zero attached hydrogens (tertiary/aromatic N) is 5. The lowest BCUT2D eigenvalue weighted by Crippen LogP contribution is -2.46. The van der Waals surface area contributed by atoms with Gasteiger partial charge in [-0.15, -0.1) is 10.2 Å².